The number of rotatable bonds is 6. The summed E-state index contributed by atoms with van der Waals surface area (Å²) >= 11 is 0. The predicted octanol–water partition coefficient (Wildman–Crippen LogP) is 0.880. The maximum atomic E-state index is 11.0. The Balaban J connectivity index is 2.76. The number of carbonyl (C=O) groups is 1. The van der Waals surface area contributed by atoms with Gasteiger partial charge in [-0.2, -0.15) is 0 Å². The Morgan fingerprint density at radius 1 is 1.50 bits per heavy atom. The molecule has 7 nitrogen and oxygen atoms in total. The lowest BCUT2D eigenvalue weighted by Crippen LogP contribution is -2.20. The van der Waals surface area contributed by atoms with Gasteiger partial charge in [0.2, 0.25) is 5.91 Å². The zero-order chi connectivity index (χ0) is 13.5. The fourth-order valence-electron chi connectivity index (χ4n) is 1.49. The van der Waals surface area contributed by atoms with E-state index in [1.165, 1.54) is 12.1 Å². The van der Waals surface area contributed by atoms with Gasteiger partial charge in [0.1, 0.15) is 6.10 Å². The molecular weight excluding hydrogens is 236 g/mol. The van der Waals surface area contributed by atoms with Crippen LogP contribution in [0.1, 0.15) is 28.4 Å². The zero-order valence-corrected chi connectivity index (χ0v) is 9.60. The van der Waals surface area contributed by atoms with Crippen LogP contribution in [-0.4, -0.2) is 28.8 Å². The molecule has 2 atom stereocenters. The third-order valence-electron chi connectivity index (χ3n) is 2.47. The lowest BCUT2D eigenvalue weighted by atomic mass is 10.00. The highest BCUT2D eigenvalue weighted by Crippen LogP contribution is 2.20. The molecule has 0 aromatic heterocycles. The molecule has 7 heteroatoms. The van der Waals surface area contributed by atoms with E-state index in [9.17, 15) is 15.0 Å². The quantitative estimate of drug-likeness (QED) is 0.393. The molecule has 96 valence electrons. The summed E-state index contributed by atoms with van der Waals surface area (Å²) in [6.45, 7) is 0.0875. The van der Waals surface area contributed by atoms with Gasteiger partial charge in [0.05, 0.1) is 6.10 Å². The van der Waals surface area contributed by atoms with Crippen LogP contribution in [0.5, 0.6) is 0 Å². The van der Waals surface area contributed by atoms with Crippen molar-refractivity contribution >= 4 is 5.91 Å². The molecule has 0 saturated carbocycles. The summed E-state index contributed by atoms with van der Waals surface area (Å²) in [6, 6.07) is 6.08. The Hall–Kier alpha value is -2.08. The summed E-state index contributed by atoms with van der Waals surface area (Å²) in [4.78, 5) is 13.5. The first-order chi connectivity index (χ1) is 8.56. The molecule has 2 unspecified atom stereocenters. The van der Waals surface area contributed by atoms with E-state index in [2.05, 4.69) is 10.0 Å². The van der Waals surface area contributed by atoms with Gasteiger partial charge in [0.25, 0.3) is 0 Å². The van der Waals surface area contributed by atoms with Crippen LogP contribution in [0.4, 0.5) is 0 Å². The maximum Gasteiger partial charge on any atom is 0.248 e. The number of carbonyl (C=O) groups excluding carboxylic acids is 1. The number of benzene rings is 1. The van der Waals surface area contributed by atoms with Crippen LogP contribution < -0.4 is 5.73 Å². The molecule has 0 heterocycles. The largest absolute Gasteiger partial charge is 0.390 e. The minimum Gasteiger partial charge on any atom is -0.390 e. The van der Waals surface area contributed by atoms with Gasteiger partial charge >= 0.3 is 0 Å². The highest BCUT2D eigenvalue weighted by Gasteiger charge is 2.18. The van der Waals surface area contributed by atoms with Crippen molar-refractivity contribution in [1.29, 1.82) is 0 Å². The summed E-state index contributed by atoms with van der Waals surface area (Å²) in [6.07, 6.45) is -2.09. The Morgan fingerprint density at radius 2 is 2.22 bits per heavy atom. The highest BCUT2D eigenvalue weighted by molar-refractivity contribution is 5.92. The fourth-order valence-corrected chi connectivity index (χ4v) is 1.49. The van der Waals surface area contributed by atoms with Crippen LogP contribution in [0, 0.1) is 0 Å². The highest BCUT2D eigenvalue weighted by atomic mass is 16.3. The molecule has 0 aliphatic rings. The third kappa shape index (κ3) is 3.74. The zero-order valence-electron chi connectivity index (χ0n) is 9.60. The second-order valence-electron chi connectivity index (χ2n) is 3.75. The average Bonchev–Trinajstić information content (AvgIpc) is 2.38. The number of hydrogen-bond acceptors (Lipinski definition) is 4. The third-order valence-corrected chi connectivity index (χ3v) is 2.47. The van der Waals surface area contributed by atoms with Crippen molar-refractivity contribution in [2.24, 2.45) is 10.8 Å². The van der Waals surface area contributed by atoms with Crippen LogP contribution in [0.25, 0.3) is 10.4 Å². The molecule has 18 heavy (non-hydrogen) atoms. The number of nitrogens with two attached hydrogens (primary N) is 1. The first kappa shape index (κ1) is 14.0. The molecule has 0 saturated heterocycles. The minimum atomic E-state index is -1.15. The molecule has 0 aliphatic carbocycles. The van der Waals surface area contributed by atoms with Gasteiger partial charge < -0.3 is 15.9 Å². The number of amides is 1. The summed E-state index contributed by atoms with van der Waals surface area (Å²) in [7, 11) is 0. The smallest absolute Gasteiger partial charge is 0.248 e. The minimum absolute atomic E-state index is 0.0875. The van der Waals surface area contributed by atoms with Crippen molar-refractivity contribution in [2.75, 3.05) is 6.54 Å². The molecule has 0 radical (unpaired) electrons. The van der Waals surface area contributed by atoms with E-state index in [4.69, 9.17) is 11.3 Å². The second-order valence-corrected chi connectivity index (χ2v) is 3.75. The van der Waals surface area contributed by atoms with Gasteiger partial charge in [-0.15, -0.1) is 0 Å². The SMILES string of the molecule is [N-]=[N+]=NCCC(O)C(O)c1cccc(C(N)=O)c1. The van der Waals surface area contributed by atoms with Crippen molar-refractivity contribution in [2.45, 2.75) is 18.6 Å². The lowest BCUT2D eigenvalue weighted by molar-refractivity contribution is 0.0150. The number of azide groups is 1. The van der Waals surface area contributed by atoms with Crippen LogP contribution >= 0.6 is 0 Å². The molecule has 1 rings (SSSR count). The van der Waals surface area contributed by atoms with E-state index in [0.29, 0.717) is 5.56 Å². The number of hydrogen-bond donors (Lipinski definition) is 3. The normalized spacial score (nSPS) is 13.4. The Kier molecular flexibility index (Phi) is 5.13. The van der Waals surface area contributed by atoms with Crippen LogP contribution in [0.2, 0.25) is 0 Å². The molecule has 1 aromatic carbocycles. The molecule has 0 bridgehead atoms. The molecule has 0 fully saturated rings. The van der Waals surface area contributed by atoms with Gasteiger partial charge in [-0.3, -0.25) is 4.79 Å². The number of aliphatic hydroxyl groups is 2. The number of aliphatic hydroxyl groups excluding tert-OH is 2. The standard InChI is InChI=1S/C11H14N4O3/c12-11(18)8-3-1-2-7(6-8)10(17)9(16)4-5-14-15-13/h1-3,6,9-10,16-17H,4-5H2,(H2,12,18). The van der Waals surface area contributed by atoms with Gasteiger partial charge in [0.15, 0.2) is 0 Å². The monoisotopic (exact) mass is 250 g/mol. The van der Waals surface area contributed by atoms with E-state index in [1.54, 1.807) is 12.1 Å². The Labute approximate surface area is 103 Å². The van der Waals surface area contributed by atoms with E-state index in [0.717, 1.165) is 0 Å². The molecule has 1 amide bonds. The first-order valence-corrected chi connectivity index (χ1v) is 5.33. The van der Waals surface area contributed by atoms with Crippen molar-refractivity contribution < 1.29 is 15.0 Å². The predicted molar refractivity (Wildman–Crippen MR) is 64.6 cm³/mol. The van der Waals surface area contributed by atoms with Crippen molar-refractivity contribution in [1.82, 2.24) is 0 Å². The van der Waals surface area contributed by atoms with Gasteiger partial charge in [-0.25, -0.2) is 0 Å². The lowest BCUT2D eigenvalue weighted by Gasteiger charge is -2.17. The molecule has 4 N–H and O–H groups in total. The van der Waals surface area contributed by atoms with Crippen molar-refractivity contribution in [3.8, 4) is 0 Å². The van der Waals surface area contributed by atoms with Gasteiger partial charge in [-0.1, -0.05) is 17.2 Å². The first-order valence-electron chi connectivity index (χ1n) is 5.33. The fraction of sp³-hybridized carbons (Fsp3) is 0.364. The van der Waals surface area contributed by atoms with Crippen LogP contribution in [-0.2, 0) is 0 Å². The van der Waals surface area contributed by atoms with Gasteiger partial charge in [0, 0.05) is 17.0 Å². The topological polar surface area (TPSA) is 132 Å². The van der Waals surface area contributed by atoms with Crippen LogP contribution in [0.3, 0.4) is 0 Å². The second kappa shape index (κ2) is 6.61. The number of nitrogens with zero attached hydrogens (tertiary/aromatic N) is 3. The van der Waals surface area contributed by atoms with E-state index in [1.807, 2.05) is 0 Å². The van der Waals surface area contributed by atoms with E-state index in [-0.39, 0.29) is 18.5 Å². The summed E-state index contributed by atoms with van der Waals surface area (Å²) < 4.78 is 0. The Bertz CT molecular complexity index is 471. The molecule has 0 spiro atoms. The van der Waals surface area contributed by atoms with E-state index < -0.39 is 18.1 Å². The summed E-state index contributed by atoms with van der Waals surface area (Å²) in [5.74, 6) is -0.604. The maximum absolute atomic E-state index is 11.0. The average molecular weight is 250 g/mol. The summed E-state index contributed by atoms with van der Waals surface area (Å²) in [5.41, 5.74) is 13.9. The Morgan fingerprint density at radius 3 is 2.83 bits per heavy atom. The number of primary amides is 1. The summed E-state index contributed by atoms with van der Waals surface area (Å²) in [5, 5.41) is 22.8. The molecule has 0 aliphatic heterocycles. The van der Waals surface area contributed by atoms with Crippen molar-refractivity contribution in [3.05, 3.63) is 45.8 Å². The van der Waals surface area contributed by atoms with Crippen LogP contribution in [0.15, 0.2) is 29.4 Å². The van der Waals surface area contributed by atoms with E-state index >= 15 is 0 Å². The molecule has 1 aromatic rings. The van der Waals surface area contributed by atoms with Gasteiger partial charge in [-0.05, 0) is 29.6 Å². The van der Waals surface area contributed by atoms with Crippen molar-refractivity contribution in [3.63, 3.8) is 0 Å². The molecular formula is C11H14N4O3.